The summed E-state index contributed by atoms with van der Waals surface area (Å²) in [5.74, 6) is -0.246. The lowest BCUT2D eigenvalue weighted by atomic mass is 10.1. The standard InChI is InChI=1S/C8H12N2O3/c1-4-8(13)10-3-5(11)2-6(10)7(12)9-4/h4-6,11H,2-3H2,1H3,(H,9,12)/t4-,5-,6-/m0/s1. The summed E-state index contributed by atoms with van der Waals surface area (Å²) in [7, 11) is 0. The average molecular weight is 184 g/mol. The van der Waals surface area contributed by atoms with Crippen LogP contribution in [-0.4, -0.2) is 46.6 Å². The molecular formula is C8H12N2O3. The third-order valence-corrected chi connectivity index (χ3v) is 2.59. The van der Waals surface area contributed by atoms with E-state index < -0.39 is 18.2 Å². The van der Waals surface area contributed by atoms with Crippen molar-refractivity contribution in [2.45, 2.75) is 31.5 Å². The maximum atomic E-state index is 11.5. The first-order chi connectivity index (χ1) is 6.09. The zero-order valence-corrected chi connectivity index (χ0v) is 7.36. The Morgan fingerprint density at radius 2 is 2.23 bits per heavy atom. The molecule has 2 aliphatic heterocycles. The van der Waals surface area contributed by atoms with E-state index >= 15 is 0 Å². The molecule has 0 aromatic carbocycles. The van der Waals surface area contributed by atoms with Gasteiger partial charge >= 0.3 is 0 Å². The van der Waals surface area contributed by atoms with E-state index in [1.165, 1.54) is 4.90 Å². The predicted molar refractivity (Wildman–Crippen MR) is 43.7 cm³/mol. The van der Waals surface area contributed by atoms with Crippen molar-refractivity contribution < 1.29 is 14.7 Å². The second kappa shape index (κ2) is 2.70. The number of carbonyl (C=O) groups is 2. The first-order valence-electron chi connectivity index (χ1n) is 4.38. The largest absolute Gasteiger partial charge is 0.391 e. The fraction of sp³-hybridized carbons (Fsp3) is 0.750. The number of rotatable bonds is 0. The number of hydrogen-bond acceptors (Lipinski definition) is 3. The fourth-order valence-electron chi connectivity index (χ4n) is 1.93. The fourth-order valence-corrected chi connectivity index (χ4v) is 1.93. The molecule has 72 valence electrons. The topological polar surface area (TPSA) is 69.6 Å². The Morgan fingerprint density at radius 1 is 1.54 bits per heavy atom. The van der Waals surface area contributed by atoms with Gasteiger partial charge in [0.2, 0.25) is 11.8 Å². The van der Waals surface area contributed by atoms with E-state index in [9.17, 15) is 14.7 Å². The van der Waals surface area contributed by atoms with Crippen LogP contribution in [0.15, 0.2) is 0 Å². The first-order valence-corrected chi connectivity index (χ1v) is 4.38. The van der Waals surface area contributed by atoms with E-state index in [1.807, 2.05) is 0 Å². The molecule has 0 aromatic heterocycles. The van der Waals surface area contributed by atoms with Gasteiger partial charge in [-0.25, -0.2) is 0 Å². The Labute approximate surface area is 75.7 Å². The Balaban J connectivity index is 2.23. The minimum atomic E-state index is -0.551. The lowest BCUT2D eigenvalue weighted by Crippen LogP contribution is -2.59. The predicted octanol–water partition coefficient (Wildman–Crippen LogP) is -1.53. The van der Waals surface area contributed by atoms with Crippen LogP contribution in [0.1, 0.15) is 13.3 Å². The molecule has 5 heteroatoms. The molecule has 0 radical (unpaired) electrons. The number of piperazine rings is 1. The summed E-state index contributed by atoms with van der Waals surface area (Å²) in [5.41, 5.74) is 0. The first kappa shape index (κ1) is 8.50. The summed E-state index contributed by atoms with van der Waals surface area (Å²) >= 11 is 0. The van der Waals surface area contributed by atoms with E-state index in [0.29, 0.717) is 13.0 Å². The minimum absolute atomic E-state index is 0.0962. The molecule has 0 aromatic rings. The summed E-state index contributed by atoms with van der Waals surface area (Å²) in [4.78, 5) is 24.3. The maximum absolute atomic E-state index is 11.5. The molecule has 2 rings (SSSR count). The molecule has 2 amide bonds. The van der Waals surface area contributed by atoms with Gasteiger partial charge in [-0.2, -0.15) is 0 Å². The number of fused-ring (bicyclic) bond motifs is 1. The van der Waals surface area contributed by atoms with E-state index in [-0.39, 0.29) is 11.8 Å². The molecule has 0 aliphatic carbocycles. The van der Waals surface area contributed by atoms with Crippen LogP contribution < -0.4 is 5.32 Å². The van der Waals surface area contributed by atoms with Gasteiger partial charge < -0.3 is 15.3 Å². The lowest BCUT2D eigenvalue weighted by Gasteiger charge is -2.32. The Bertz CT molecular complexity index is 266. The highest BCUT2D eigenvalue weighted by atomic mass is 16.3. The summed E-state index contributed by atoms with van der Waals surface area (Å²) in [6, 6.07) is -0.896. The van der Waals surface area contributed by atoms with Crippen LogP contribution >= 0.6 is 0 Å². The smallest absolute Gasteiger partial charge is 0.245 e. The van der Waals surface area contributed by atoms with E-state index in [0.717, 1.165) is 0 Å². The molecule has 2 heterocycles. The monoisotopic (exact) mass is 184 g/mol. The lowest BCUT2D eigenvalue weighted by molar-refractivity contribution is -0.146. The molecule has 2 N–H and O–H groups in total. The summed E-state index contributed by atoms with van der Waals surface area (Å²) in [5, 5.41) is 11.9. The van der Waals surface area contributed by atoms with Gasteiger partial charge in [-0.1, -0.05) is 0 Å². The summed E-state index contributed by atoms with van der Waals surface area (Å²) in [6.07, 6.45) is -0.186. The van der Waals surface area contributed by atoms with Gasteiger partial charge in [0.15, 0.2) is 0 Å². The number of amides is 2. The second-order valence-electron chi connectivity index (χ2n) is 3.63. The molecule has 5 nitrogen and oxygen atoms in total. The van der Waals surface area contributed by atoms with Crippen LogP contribution in [0.4, 0.5) is 0 Å². The van der Waals surface area contributed by atoms with Crippen molar-refractivity contribution in [3.8, 4) is 0 Å². The van der Waals surface area contributed by atoms with Crippen LogP contribution in [0, 0.1) is 0 Å². The third kappa shape index (κ3) is 1.19. The van der Waals surface area contributed by atoms with Crippen molar-refractivity contribution in [2.75, 3.05) is 6.54 Å². The quantitative estimate of drug-likeness (QED) is 0.479. The van der Waals surface area contributed by atoms with Crippen molar-refractivity contribution in [3.05, 3.63) is 0 Å². The zero-order valence-electron chi connectivity index (χ0n) is 7.36. The minimum Gasteiger partial charge on any atom is -0.391 e. The van der Waals surface area contributed by atoms with Gasteiger partial charge in [0, 0.05) is 13.0 Å². The van der Waals surface area contributed by atoms with Crippen molar-refractivity contribution in [1.29, 1.82) is 0 Å². The number of aliphatic hydroxyl groups is 1. The number of nitrogens with zero attached hydrogens (tertiary/aromatic N) is 1. The molecule has 2 aliphatic rings. The average Bonchev–Trinajstić information content (AvgIpc) is 2.44. The van der Waals surface area contributed by atoms with Crippen molar-refractivity contribution in [2.24, 2.45) is 0 Å². The number of nitrogens with one attached hydrogen (secondary N) is 1. The highest BCUT2D eigenvalue weighted by molar-refractivity contribution is 5.97. The highest BCUT2D eigenvalue weighted by Crippen LogP contribution is 2.22. The number of carbonyl (C=O) groups excluding carboxylic acids is 2. The van der Waals surface area contributed by atoms with Gasteiger partial charge in [-0.15, -0.1) is 0 Å². The van der Waals surface area contributed by atoms with E-state index in [4.69, 9.17) is 0 Å². The molecule has 2 fully saturated rings. The van der Waals surface area contributed by atoms with Crippen LogP contribution in [0.5, 0.6) is 0 Å². The number of hydrogen-bond donors (Lipinski definition) is 2. The molecule has 0 bridgehead atoms. The molecule has 0 spiro atoms. The summed E-state index contributed by atoms with van der Waals surface area (Å²) in [6.45, 7) is 1.95. The molecule has 0 unspecified atom stereocenters. The van der Waals surface area contributed by atoms with Gasteiger partial charge in [-0.05, 0) is 6.92 Å². The van der Waals surface area contributed by atoms with Crippen LogP contribution in [0.25, 0.3) is 0 Å². The Morgan fingerprint density at radius 3 is 2.92 bits per heavy atom. The SMILES string of the molecule is C[C@@H]1NC(=O)[C@@H]2C[C@H](O)CN2C1=O. The highest BCUT2D eigenvalue weighted by Gasteiger charge is 2.44. The van der Waals surface area contributed by atoms with Gasteiger partial charge in [0.25, 0.3) is 0 Å². The number of aliphatic hydroxyl groups excluding tert-OH is 1. The molecule has 2 saturated heterocycles. The Hall–Kier alpha value is -1.10. The molecular weight excluding hydrogens is 172 g/mol. The van der Waals surface area contributed by atoms with Crippen molar-refractivity contribution in [1.82, 2.24) is 10.2 Å². The van der Waals surface area contributed by atoms with Crippen molar-refractivity contribution in [3.63, 3.8) is 0 Å². The molecule has 13 heavy (non-hydrogen) atoms. The third-order valence-electron chi connectivity index (χ3n) is 2.59. The summed E-state index contributed by atoms with van der Waals surface area (Å²) < 4.78 is 0. The van der Waals surface area contributed by atoms with Gasteiger partial charge in [-0.3, -0.25) is 9.59 Å². The molecule has 0 saturated carbocycles. The normalized spacial score (nSPS) is 38.9. The Kier molecular flexibility index (Phi) is 1.76. The van der Waals surface area contributed by atoms with Crippen molar-refractivity contribution >= 4 is 11.8 Å². The maximum Gasteiger partial charge on any atom is 0.245 e. The molecule has 3 atom stereocenters. The van der Waals surface area contributed by atoms with Crippen LogP contribution in [0.2, 0.25) is 0 Å². The van der Waals surface area contributed by atoms with E-state index in [1.54, 1.807) is 6.92 Å². The second-order valence-corrected chi connectivity index (χ2v) is 3.63. The van der Waals surface area contributed by atoms with Gasteiger partial charge in [0.1, 0.15) is 12.1 Å². The van der Waals surface area contributed by atoms with Crippen LogP contribution in [0.3, 0.4) is 0 Å². The zero-order chi connectivity index (χ0) is 9.59. The van der Waals surface area contributed by atoms with E-state index in [2.05, 4.69) is 5.32 Å². The van der Waals surface area contributed by atoms with Gasteiger partial charge in [0.05, 0.1) is 6.10 Å². The van der Waals surface area contributed by atoms with Crippen LogP contribution in [-0.2, 0) is 9.59 Å².